The Bertz CT molecular complexity index is 726. The average Bonchev–Trinajstić information content (AvgIpc) is 2.71. The number of nitrogens with one attached hydrogen (secondary N) is 1. The number of nitrogens with zero attached hydrogens (tertiary/aromatic N) is 1. The predicted octanol–water partition coefficient (Wildman–Crippen LogP) is 3.18. The van der Waals surface area contributed by atoms with Crippen LogP contribution in [0.2, 0.25) is 5.02 Å². The lowest BCUT2D eigenvalue weighted by molar-refractivity contribution is 0.0693. The van der Waals surface area contributed by atoms with Gasteiger partial charge in [0.2, 0.25) is 0 Å². The molecule has 0 spiro atoms. The van der Waals surface area contributed by atoms with E-state index in [-0.39, 0.29) is 11.8 Å². The van der Waals surface area contributed by atoms with Gasteiger partial charge in [-0.05, 0) is 35.9 Å². The van der Waals surface area contributed by atoms with Crippen LogP contribution in [0.5, 0.6) is 0 Å². The molecule has 5 heteroatoms. The van der Waals surface area contributed by atoms with Gasteiger partial charge < -0.3 is 5.32 Å². The van der Waals surface area contributed by atoms with Gasteiger partial charge in [-0.2, -0.15) is 0 Å². The van der Waals surface area contributed by atoms with Crippen molar-refractivity contribution in [2.24, 2.45) is 0 Å². The SMILES string of the molecule is CN1C(=O)c2ccc(NCc3ccc(Cl)cc3)cc2C1=O. The van der Waals surface area contributed by atoms with Crippen molar-refractivity contribution < 1.29 is 9.59 Å². The first kappa shape index (κ1) is 13.6. The Kier molecular flexibility index (Phi) is 3.39. The molecule has 4 nitrogen and oxygen atoms in total. The Balaban J connectivity index is 1.78. The molecule has 2 aromatic carbocycles. The number of hydrogen-bond donors (Lipinski definition) is 1. The summed E-state index contributed by atoms with van der Waals surface area (Å²) in [5, 5.41) is 3.93. The minimum Gasteiger partial charge on any atom is -0.381 e. The fourth-order valence-electron chi connectivity index (χ4n) is 2.28. The third kappa shape index (κ3) is 2.50. The second kappa shape index (κ2) is 5.22. The third-order valence-electron chi connectivity index (χ3n) is 3.50. The molecule has 0 fully saturated rings. The molecule has 0 aromatic heterocycles. The van der Waals surface area contributed by atoms with Crippen LogP contribution in [-0.4, -0.2) is 23.8 Å². The van der Waals surface area contributed by atoms with Gasteiger partial charge in [-0.1, -0.05) is 23.7 Å². The molecule has 2 aromatic rings. The van der Waals surface area contributed by atoms with E-state index in [1.54, 1.807) is 18.2 Å². The first-order valence-electron chi connectivity index (χ1n) is 6.51. The van der Waals surface area contributed by atoms with Crippen molar-refractivity contribution in [1.29, 1.82) is 0 Å². The van der Waals surface area contributed by atoms with Crippen LogP contribution in [-0.2, 0) is 6.54 Å². The highest BCUT2D eigenvalue weighted by Gasteiger charge is 2.32. The highest BCUT2D eigenvalue weighted by molar-refractivity contribution is 6.30. The number of halogens is 1. The normalized spacial score (nSPS) is 13.5. The number of hydrogen-bond acceptors (Lipinski definition) is 3. The van der Waals surface area contributed by atoms with E-state index in [1.807, 2.05) is 24.3 Å². The fourth-order valence-corrected chi connectivity index (χ4v) is 2.40. The van der Waals surface area contributed by atoms with E-state index in [0.29, 0.717) is 22.7 Å². The standard InChI is InChI=1S/C16H13ClN2O2/c1-19-15(20)13-7-6-12(8-14(13)16(19)21)18-9-10-2-4-11(17)5-3-10/h2-8,18H,9H2,1H3. The van der Waals surface area contributed by atoms with Crippen molar-refractivity contribution in [2.45, 2.75) is 6.54 Å². The molecule has 1 aliphatic heterocycles. The van der Waals surface area contributed by atoms with E-state index >= 15 is 0 Å². The summed E-state index contributed by atoms with van der Waals surface area (Å²) in [4.78, 5) is 24.9. The van der Waals surface area contributed by atoms with Gasteiger partial charge >= 0.3 is 0 Å². The van der Waals surface area contributed by atoms with Gasteiger partial charge in [0.1, 0.15) is 0 Å². The minimum absolute atomic E-state index is 0.251. The van der Waals surface area contributed by atoms with Crippen molar-refractivity contribution in [3.05, 3.63) is 64.2 Å². The van der Waals surface area contributed by atoms with Crippen LogP contribution in [0.25, 0.3) is 0 Å². The van der Waals surface area contributed by atoms with Gasteiger partial charge in [0, 0.05) is 24.3 Å². The van der Waals surface area contributed by atoms with E-state index < -0.39 is 0 Å². The molecule has 2 amide bonds. The van der Waals surface area contributed by atoms with Crippen molar-refractivity contribution in [1.82, 2.24) is 4.90 Å². The van der Waals surface area contributed by atoms with E-state index in [4.69, 9.17) is 11.6 Å². The van der Waals surface area contributed by atoms with Crippen molar-refractivity contribution in [2.75, 3.05) is 12.4 Å². The molecule has 0 bridgehead atoms. The van der Waals surface area contributed by atoms with Crippen LogP contribution in [0.1, 0.15) is 26.3 Å². The smallest absolute Gasteiger partial charge is 0.261 e. The Morgan fingerprint density at radius 2 is 1.67 bits per heavy atom. The minimum atomic E-state index is -0.259. The monoisotopic (exact) mass is 300 g/mol. The molecule has 0 aliphatic carbocycles. The molecule has 106 valence electrons. The summed E-state index contributed by atoms with van der Waals surface area (Å²) >= 11 is 5.84. The molecule has 1 N–H and O–H groups in total. The number of carbonyl (C=O) groups is 2. The number of imide groups is 1. The summed E-state index contributed by atoms with van der Waals surface area (Å²) in [5.41, 5.74) is 2.79. The second-order valence-corrected chi connectivity index (χ2v) is 5.35. The maximum Gasteiger partial charge on any atom is 0.261 e. The average molecular weight is 301 g/mol. The van der Waals surface area contributed by atoms with Gasteiger partial charge in [0.15, 0.2) is 0 Å². The molecule has 1 aliphatic rings. The number of amides is 2. The summed E-state index contributed by atoms with van der Waals surface area (Å²) in [7, 11) is 1.49. The zero-order chi connectivity index (χ0) is 15.0. The lowest BCUT2D eigenvalue weighted by atomic mass is 10.1. The van der Waals surface area contributed by atoms with Crippen molar-refractivity contribution in [3.8, 4) is 0 Å². The maximum absolute atomic E-state index is 11.9. The number of anilines is 1. The quantitative estimate of drug-likeness (QED) is 0.886. The van der Waals surface area contributed by atoms with Crippen LogP contribution in [0.15, 0.2) is 42.5 Å². The van der Waals surface area contributed by atoms with E-state index in [0.717, 1.165) is 16.2 Å². The first-order chi connectivity index (χ1) is 10.1. The van der Waals surface area contributed by atoms with Gasteiger partial charge in [-0.25, -0.2) is 0 Å². The van der Waals surface area contributed by atoms with Crippen LogP contribution >= 0.6 is 11.6 Å². The number of fused-ring (bicyclic) bond motifs is 1. The van der Waals surface area contributed by atoms with Gasteiger partial charge in [-0.15, -0.1) is 0 Å². The molecule has 0 atom stereocenters. The van der Waals surface area contributed by atoms with Gasteiger partial charge in [0.25, 0.3) is 11.8 Å². The Labute approximate surface area is 127 Å². The molecule has 1 heterocycles. The third-order valence-corrected chi connectivity index (χ3v) is 3.75. The summed E-state index contributed by atoms with van der Waals surface area (Å²) < 4.78 is 0. The van der Waals surface area contributed by atoms with E-state index in [1.165, 1.54) is 7.05 Å². The van der Waals surface area contributed by atoms with E-state index in [2.05, 4.69) is 5.32 Å². The Morgan fingerprint density at radius 1 is 1.00 bits per heavy atom. The highest BCUT2D eigenvalue weighted by atomic mass is 35.5. The summed E-state index contributed by atoms with van der Waals surface area (Å²) in [5.74, 6) is -0.510. The fraction of sp³-hybridized carbons (Fsp3) is 0.125. The van der Waals surface area contributed by atoms with Gasteiger partial charge in [-0.3, -0.25) is 14.5 Å². The van der Waals surface area contributed by atoms with Gasteiger partial charge in [0.05, 0.1) is 11.1 Å². The molecule has 0 saturated carbocycles. The number of carbonyl (C=O) groups excluding carboxylic acids is 2. The Morgan fingerprint density at radius 3 is 2.38 bits per heavy atom. The summed E-state index contributed by atoms with van der Waals surface area (Å²) in [6.07, 6.45) is 0. The van der Waals surface area contributed by atoms with Crippen molar-refractivity contribution >= 4 is 29.1 Å². The van der Waals surface area contributed by atoms with Crippen molar-refractivity contribution in [3.63, 3.8) is 0 Å². The number of rotatable bonds is 3. The molecule has 3 rings (SSSR count). The summed E-state index contributed by atoms with van der Waals surface area (Å²) in [6, 6.07) is 12.7. The maximum atomic E-state index is 11.9. The lowest BCUT2D eigenvalue weighted by Gasteiger charge is -2.07. The zero-order valence-electron chi connectivity index (χ0n) is 11.4. The molecule has 0 unspecified atom stereocenters. The number of benzene rings is 2. The molecule has 0 saturated heterocycles. The zero-order valence-corrected chi connectivity index (χ0v) is 12.1. The molecule has 0 radical (unpaired) electrons. The molecule has 21 heavy (non-hydrogen) atoms. The van der Waals surface area contributed by atoms with Crippen LogP contribution in [0.4, 0.5) is 5.69 Å². The predicted molar refractivity (Wildman–Crippen MR) is 81.6 cm³/mol. The Hall–Kier alpha value is -2.33. The van der Waals surface area contributed by atoms with Crippen LogP contribution in [0.3, 0.4) is 0 Å². The van der Waals surface area contributed by atoms with Crippen LogP contribution < -0.4 is 5.32 Å². The largest absolute Gasteiger partial charge is 0.381 e. The lowest BCUT2D eigenvalue weighted by Crippen LogP contribution is -2.24. The topological polar surface area (TPSA) is 49.4 Å². The van der Waals surface area contributed by atoms with E-state index in [9.17, 15) is 9.59 Å². The summed E-state index contributed by atoms with van der Waals surface area (Å²) in [6.45, 7) is 0.619. The van der Waals surface area contributed by atoms with Crippen LogP contribution in [0, 0.1) is 0 Å². The molecular weight excluding hydrogens is 288 g/mol. The first-order valence-corrected chi connectivity index (χ1v) is 6.89. The molecular formula is C16H13ClN2O2. The second-order valence-electron chi connectivity index (χ2n) is 4.91. The highest BCUT2D eigenvalue weighted by Crippen LogP contribution is 2.25.